The van der Waals surface area contributed by atoms with Gasteiger partial charge in [0.25, 0.3) is 5.91 Å². The fourth-order valence-corrected chi connectivity index (χ4v) is 4.91. The molecule has 2 aromatic rings. The molecule has 1 saturated heterocycles. The van der Waals surface area contributed by atoms with Crippen LogP contribution in [0.2, 0.25) is 0 Å². The SMILES string of the molecule is Cc1cc(C(F)(F)F)cc(N2[C@H](C(=O)N(C)c3cc(F)c(F)cc3F)CCS2(=O)=O)n1. The average Bonchev–Trinajstić information content (AvgIpc) is 2.97. The van der Waals surface area contributed by atoms with Crippen LogP contribution >= 0.6 is 0 Å². The standard InChI is InChI=1S/C18H15F6N3O3S/c1-9-5-10(18(22,23)24)6-16(25-9)27-14(3-4-31(27,29)30)17(28)26(2)15-8-12(20)11(19)7-13(15)21/h5-8,14H,3-4H2,1-2H3/t14-/m0/s1. The van der Waals surface area contributed by atoms with Gasteiger partial charge in [-0.3, -0.25) is 4.79 Å². The largest absolute Gasteiger partial charge is 0.416 e. The quantitative estimate of drug-likeness (QED) is 0.513. The fraction of sp³-hybridized carbons (Fsp3) is 0.333. The molecule has 3 rings (SSSR count). The average molecular weight is 467 g/mol. The van der Waals surface area contributed by atoms with Crippen LogP contribution in [0.5, 0.6) is 0 Å². The molecule has 1 aromatic heterocycles. The summed E-state index contributed by atoms with van der Waals surface area (Å²) in [4.78, 5) is 17.3. The summed E-state index contributed by atoms with van der Waals surface area (Å²) in [5.41, 5.74) is -1.97. The molecule has 0 N–H and O–H groups in total. The Balaban J connectivity index is 2.05. The molecule has 0 radical (unpaired) electrons. The van der Waals surface area contributed by atoms with Crippen LogP contribution in [-0.2, 0) is 21.0 Å². The van der Waals surface area contributed by atoms with E-state index in [1.54, 1.807) is 0 Å². The molecule has 0 aliphatic carbocycles. The number of hydrogen-bond acceptors (Lipinski definition) is 4. The van der Waals surface area contributed by atoms with Crippen molar-refractivity contribution < 1.29 is 39.6 Å². The second-order valence-corrected chi connectivity index (χ2v) is 8.85. The molecule has 13 heteroatoms. The van der Waals surface area contributed by atoms with Crippen molar-refractivity contribution in [3.05, 3.63) is 53.0 Å². The summed E-state index contributed by atoms with van der Waals surface area (Å²) >= 11 is 0. The van der Waals surface area contributed by atoms with E-state index in [0.29, 0.717) is 27.4 Å². The van der Waals surface area contributed by atoms with Crippen molar-refractivity contribution in [1.29, 1.82) is 0 Å². The number of alkyl halides is 3. The first-order valence-electron chi connectivity index (χ1n) is 8.72. The molecule has 0 saturated carbocycles. The lowest BCUT2D eigenvalue weighted by Gasteiger charge is -2.28. The smallest absolute Gasteiger partial charge is 0.311 e. The Morgan fingerprint density at radius 2 is 1.71 bits per heavy atom. The van der Waals surface area contributed by atoms with Crippen molar-refractivity contribution in [1.82, 2.24) is 4.98 Å². The van der Waals surface area contributed by atoms with E-state index in [0.717, 1.165) is 7.05 Å². The molecule has 1 aliphatic heterocycles. The van der Waals surface area contributed by atoms with Gasteiger partial charge in [-0.25, -0.2) is 30.9 Å². The number of carbonyl (C=O) groups is 1. The van der Waals surface area contributed by atoms with E-state index in [1.807, 2.05) is 0 Å². The highest BCUT2D eigenvalue weighted by atomic mass is 32.2. The molecule has 6 nitrogen and oxygen atoms in total. The highest BCUT2D eigenvalue weighted by Crippen LogP contribution is 2.35. The number of pyridine rings is 1. The van der Waals surface area contributed by atoms with Gasteiger partial charge in [-0.15, -0.1) is 0 Å². The molecule has 1 aliphatic rings. The van der Waals surface area contributed by atoms with E-state index in [4.69, 9.17) is 0 Å². The van der Waals surface area contributed by atoms with Crippen molar-refractivity contribution in [3.8, 4) is 0 Å². The molecule has 0 spiro atoms. The summed E-state index contributed by atoms with van der Waals surface area (Å²) in [6.07, 6.45) is -5.12. The van der Waals surface area contributed by atoms with E-state index >= 15 is 0 Å². The summed E-state index contributed by atoms with van der Waals surface area (Å²) in [6.45, 7) is 1.22. The van der Waals surface area contributed by atoms with Crippen LogP contribution < -0.4 is 9.21 Å². The Hall–Kier alpha value is -2.83. The van der Waals surface area contributed by atoms with Crippen molar-refractivity contribution in [2.45, 2.75) is 25.6 Å². The predicted octanol–water partition coefficient (Wildman–Crippen LogP) is 3.40. The number of aromatic nitrogens is 1. The van der Waals surface area contributed by atoms with Gasteiger partial charge in [0.05, 0.1) is 17.0 Å². The summed E-state index contributed by atoms with van der Waals surface area (Å²) in [6, 6.07) is 0.288. The van der Waals surface area contributed by atoms with Gasteiger partial charge >= 0.3 is 6.18 Å². The number of anilines is 2. The van der Waals surface area contributed by atoms with Gasteiger partial charge in [0, 0.05) is 24.9 Å². The normalized spacial score (nSPS) is 18.3. The minimum absolute atomic E-state index is 0.141. The number of aryl methyl sites for hydroxylation is 1. The van der Waals surface area contributed by atoms with Crippen molar-refractivity contribution in [2.24, 2.45) is 0 Å². The van der Waals surface area contributed by atoms with Gasteiger partial charge in [0.1, 0.15) is 17.7 Å². The van der Waals surface area contributed by atoms with Gasteiger partial charge in [0.2, 0.25) is 10.0 Å². The van der Waals surface area contributed by atoms with Gasteiger partial charge in [-0.05, 0) is 25.5 Å². The maximum absolute atomic E-state index is 14.1. The number of hydrogen-bond donors (Lipinski definition) is 0. The second-order valence-electron chi connectivity index (χ2n) is 6.88. The predicted molar refractivity (Wildman–Crippen MR) is 98.4 cm³/mol. The van der Waals surface area contributed by atoms with E-state index < -0.39 is 68.4 Å². The molecule has 31 heavy (non-hydrogen) atoms. The fourth-order valence-electron chi connectivity index (χ4n) is 3.23. The Morgan fingerprint density at radius 1 is 1.10 bits per heavy atom. The zero-order valence-corrected chi connectivity index (χ0v) is 16.9. The number of sulfonamides is 1. The Bertz CT molecular complexity index is 1150. The third kappa shape index (κ3) is 4.31. The van der Waals surface area contributed by atoms with E-state index in [9.17, 15) is 39.6 Å². The third-order valence-electron chi connectivity index (χ3n) is 4.69. The minimum Gasteiger partial charge on any atom is -0.311 e. The van der Waals surface area contributed by atoms with E-state index in [1.165, 1.54) is 6.92 Å². The molecule has 1 amide bonds. The van der Waals surface area contributed by atoms with Gasteiger partial charge in [-0.1, -0.05) is 0 Å². The molecule has 2 heterocycles. The Labute approximate surface area is 173 Å². The number of benzene rings is 1. The third-order valence-corrected chi connectivity index (χ3v) is 6.48. The number of likely N-dealkylation sites (N-methyl/N-ethyl adjacent to an activating group) is 1. The molecular formula is C18H15F6N3O3S. The van der Waals surface area contributed by atoms with Crippen LogP contribution in [0.15, 0.2) is 24.3 Å². The topological polar surface area (TPSA) is 70.6 Å². The maximum atomic E-state index is 14.1. The number of amides is 1. The van der Waals surface area contributed by atoms with Crippen LogP contribution in [0, 0.1) is 24.4 Å². The van der Waals surface area contributed by atoms with Crippen LogP contribution in [0.25, 0.3) is 0 Å². The monoisotopic (exact) mass is 467 g/mol. The van der Waals surface area contributed by atoms with Crippen LogP contribution in [-0.4, -0.2) is 38.2 Å². The molecule has 168 valence electrons. The first kappa shape index (κ1) is 22.8. The van der Waals surface area contributed by atoms with Gasteiger partial charge < -0.3 is 4.90 Å². The van der Waals surface area contributed by atoms with Gasteiger partial charge in [-0.2, -0.15) is 13.2 Å². The Morgan fingerprint density at radius 3 is 2.32 bits per heavy atom. The van der Waals surface area contributed by atoms with Crippen LogP contribution in [0.3, 0.4) is 0 Å². The van der Waals surface area contributed by atoms with Crippen molar-refractivity contribution >= 4 is 27.4 Å². The molecule has 1 aromatic carbocycles. The van der Waals surface area contributed by atoms with Crippen LogP contribution in [0.4, 0.5) is 37.8 Å². The highest BCUT2D eigenvalue weighted by molar-refractivity contribution is 7.93. The highest BCUT2D eigenvalue weighted by Gasteiger charge is 2.45. The molecule has 0 unspecified atom stereocenters. The van der Waals surface area contributed by atoms with Crippen molar-refractivity contribution in [3.63, 3.8) is 0 Å². The summed E-state index contributed by atoms with van der Waals surface area (Å²) in [5, 5.41) is 0. The zero-order valence-electron chi connectivity index (χ0n) is 16.0. The molecular weight excluding hydrogens is 452 g/mol. The summed E-state index contributed by atoms with van der Waals surface area (Å²) in [5.74, 6) is -6.47. The Kier molecular flexibility index (Phi) is 5.67. The zero-order chi connectivity index (χ0) is 23.3. The number of nitrogens with zero attached hydrogens (tertiary/aromatic N) is 3. The van der Waals surface area contributed by atoms with Crippen LogP contribution in [0.1, 0.15) is 17.7 Å². The van der Waals surface area contributed by atoms with E-state index in [-0.39, 0.29) is 18.2 Å². The second kappa shape index (κ2) is 7.70. The van der Waals surface area contributed by atoms with E-state index in [2.05, 4.69) is 4.98 Å². The molecule has 0 bridgehead atoms. The van der Waals surface area contributed by atoms with Crippen molar-refractivity contribution in [2.75, 3.05) is 22.0 Å². The lowest BCUT2D eigenvalue weighted by atomic mass is 10.1. The lowest BCUT2D eigenvalue weighted by molar-refractivity contribution is -0.137. The maximum Gasteiger partial charge on any atom is 0.416 e. The molecule has 1 atom stereocenters. The number of halogens is 6. The lowest BCUT2D eigenvalue weighted by Crippen LogP contribution is -2.46. The minimum atomic E-state index is -4.79. The number of carbonyl (C=O) groups excluding carboxylic acids is 1. The summed E-state index contributed by atoms with van der Waals surface area (Å²) < 4.78 is 106. The van der Waals surface area contributed by atoms with Gasteiger partial charge in [0.15, 0.2) is 11.6 Å². The first-order chi connectivity index (χ1) is 14.2. The first-order valence-corrected chi connectivity index (χ1v) is 10.3. The number of rotatable bonds is 3. The molecule has 1 fully saturated rings. The summed E-state index contributed by atoms with van der Waals surface area (Å²) in [7, 11) is -3.22.